The van der Waals surface area contributed by atoms with Crippen LogP contribution in [0, 0.1) is 5.41 Å². The third-order valence-corrected chi connectivity index (χ3v) is 3.93. The summed E-state index contributed by atoms with van der Waals surface area (Å²) in [6.45, 7) is 0. The van der Waals surface area contributed by atoms with Crippen molar-refractivity contribution in [1.82, 2.24) is 5.32 Å². The maximum atomic E-state index is 12.0. The summed E-state index contributed by atoms with van der Waals surface area (Å²) in [5, 5.41) is 12.5. The monoisotopic (exact) mass is 317 g/mol. The van der Waals surface area contributed by atoms with Gasteiger partial charge in [0.25, 0.3) is 0 Å². The van der Waals surface area contributed by atoms with Gasteiger partial charge < -0.3 is 10.6 Å². The molecule has 0 aromatic heterocycles. The van der Waals surface area contributed by atoms with Crippen LogP contribution in [0.1, 0.15) is 6.42 Å². The molecule has 0 bridgehead atoms. The van der Waals surface area contributed by atoms with E-state index >= 15 is 0 Å². The number of rotatable bonds is 2. The molecule has 1 atom stereocenters. The molecule has 3 N–H and O–H groups in total. The van der Waals surface area contributed by atoms with Crippen LogP contribution in [0.25, 0.3) is 0 Å². The van der Waals surface area contributed by atoms with Crippen LogP contribution in [-0.4, -0.2) is 22.2 Å². The number of nitrogens with one attached hydrogen (secondary N) is 3. The Labute approximate surface area is 123 Å². The van der Waals surface area contributed by atoms with Gasteiger partial charge in [-0.3, -0.25) is 15.0 Å². The van der Waals surface area contributed by atoms with Crippen LogP contribution in [0.2, 0.25) is 10.0 Å². The molecule has 2 rings (SSSR count). The van der Waals surface area contributed by atoms with Gasteiger partial charge in [-0.2, -0.15) is 0 Å². The van der Waals surface area contributed by atoms with Crippen molar-refractivity contribution in [2.24, 2.45) is 0 Å². The zero-order valence-corrected chi connectivity index (χ0v) is 11.8. The Hall–Kier alpha value is -1.24. The summed E-state index contributed by atoms with van der Waals surface area (Å²) in [5.41, 5.74) is 0.386. The highest BCUT2D eigenvalue weighted by molar-refractivity contribution is 8.15. The zero-order chi connectivity index (χ0) is 14.0. The molecule has 1 saturated heterocycles. The third-order valence-electron chi connectivity index (χ3n) is 2.36. The first kappa shape index (κ1) is 14.2. The first-order valence-electron chi connectivity index (χ1n) is 5.26. The Morgan fingerprint density at radius 3 is 2.89 bits per heavy atom. The number of amides is 2. The highest BCUT2D eigenvalue weighted by Crippen LogP contribution is 2.27. The molecule has 100 valence electrons. The first-order chi connectivity index (χ1) is 8.95. The second kappa shape index (κ2) is 5.81. The van der Waals surface area contributed by atoms with Gasteiger partial charge in [-0.15, -0.1) is 0 Å². The lowest BCUT2D eigenvalue weighted by Gasteiger charge is -2.21. The fourth-order valence-electron chi connectivity index (χ4n) is 1.51. The van der Waals surface area contributed by atoms with E-state index in [-0.39, 0.29) is 23.4 Å². The van der Waals surface area contributed by atoms with E-state index in [1.807, 2.05) is 0 Å². The highest BCUT2D eigenvalue weighted by atomic mass is 35.5. The van der Waals surface area contributed by atoms with Gasteiger partial charge in [0, 0.05) is 11.4 Å². The SMILES string of the molecule is N=C1NC(=O)CC(C(=O)Nc2cc(Cl)ccc2Cl)S1. The van der Waals surface area contributed by atoms with Crippen molar-refractivity contribution >= 4 is 57.6 Å². The van der Waals surface area contributed by atoms with Crippen molar-refractivity contribution in [3.63, 3.8) is 0 Å². The van der Waals surface area contributed by atoms with Crippen molar-refractivity contribution in [3.8, 4) is 0 Å². The van der Waals surface area contributed by atoms with Gasteiger partial charge in [-0.1, -0.05) is 35.0 Å². The molecule has 2 amide bonds. The molecule has 1 aliphatic rings. The molecule has 8 heteroatoms. The summed E-state index contributed by atoms with van der Waals surface area (Å²) < 4.78 is 0. The molecular weight excluding hydrogens is 309 g/mol. The molecule has 0 saturated carbocycles. The Morgan fingerprint density at radius 2 is 2.21 bits per heavy atom. The van der Waals surface area contributed by atoms with E-state index in [9.17, 15) is 9.59 Å². The van der Waals surface area contributed by atoms with Gasteiger partial charge in [0.2, 0.25) is 11.8 Å². The first-order valence-corrected chi connectivity index (χ1v) is 6.90. The van der Waals surface area contributed by atoms with Crippen molar-refractivity contribution in [3.05, 3.63) is 28.2 Å². The van der Waals surface area contributed by atoms with Crippen LogP contribution >= 0.6 is 35.0 Å². The van der Waals surface area contributed by atoms with E-state index in [4.69, 9.17) is 28.6 Å². The predicted octanol–water partition coefficient (Wildman–Crippen LogP) is 2.49. The van der Waals surface area contributed by atoms with E-state index in [2.05, 4.69) is 10.6 Å². The smallest absolute Gasteiger partial charge is 0.238 e. The van der Waals surface area contributed by atoms with Crippen LogP contribution < -0.4 is 10.6 Å². The highest BCUT2D eigenvalue weighted by Gasteiger charge is 2.29. The fraction of sp³-hybridized carbons (Fsp3) is 0.182. The quantitative estimate of drug-likeness (QED) is 0.783. The standard InChI is InChI=1S/C11H9Cl2N3O2S/c12-5-1-2-6(13)7(3-5)15-10(18)8-4-9(17)16-11(14)19-8/h1-3,8H,4H2,(H,15,18)(H2,14,16,17). The Balaban J connectivity index is 2.10. The molecule has 5 nitrogen and oxygen atoms in total. The summed E-state index contributed by atoms with van der Waals surface area (Å²) >= 11 is 12.7. The maximum Gasteiger partial charge on any atom is 0.238 e. The van der Waals surface area contributed by atoms with Crippen molar-refractivity contribution < 1.29 is 9.59 Å². The molecule has 1 fully saturated rings. The Kier molecular flexibility index (Phi) is 4.34. The van der Waals surface area contributed by atoms with Crippen LogP contribution in [0.5, 0.6) is 0 Å². The number of amidine groups is 1. The van der Waals surface area contributed by atoms with E-state index in [1.165, 1.54) is 6.07 Å². The summed E-state index contributed by atoms with van der Waals surface area (Å²) in [6.07, 6.45) is 0.0249. The van der Waals surface area contributed by atoms with Crippen LogP contribution in [0.15, 0.2) is 18.2 Å². The number of halogens is 2. The minimum Gasteiger partial charge on any atom is -0.324 e. The van der Waals surface area contributed by atoms with E-state index in [0.717, 1.165) is 11.8 Å². The molecule has 0 spiro atoms. The van der Waals surface area contributed by atoms with Crippen LogP contribution in [-0.2, 0) is 9.59 Å². The minimum absolute atomic E-state index is 0.0249. The van der Waals surface area contributed by atoms with Crippen LogP contribution in [0.3, 0.4) is 0 Å². The number of hydrogen-bond acceptors (Lipinski definition) is 4. The predicted molar refractivity (Wildman–Crippen MR) is 77.0 cm³/mol. The number of thioether (sulfide) groups is 1. The molecule has 0 radical (unpaired) electrons. The summed E-state index contributed by atoms with van der Waals surface area (Å²) in [4.78, 5) is 23.3. The molecule has 1 aliphatic heterocycles. The number of anilines is 1. The Bertz CT molecular complexity index is 549. The molecule has 19 heavy (non-hydrogen) atoms. The normalized spacial score (nSPS) is 18.9. The summed E-state index contributed by atoms with van der Waals surface area (Å²) in [6, 6.07) is 4.71. The molecule has 1 aromatic rings. The van der Waals surface area contributed by atoms with Gasteiger partial charge >= 0.3 is 0 Å². The largest absolute Gasteiger partial charge is 0.324 e. The van der Waals surface area contributed by atoms with E-state index in [1.54, 1.807) is 12.1 Å². The third kappa shape index (κ3) is 3.62. The zero-order valence-electron chi connectivity index (χ0n) is 9.50. The van der Waals surface area contributed by atoms with Gasteiger partial charge in [0.15, 0.2) is 5.17 Å². The van der Waals surface area contributed by atoms with E-state index in [0.29, 0.717) is 15.7 Å². The molecule has 1 aromatic carbocycles. The lowest BCUT2D eigenvalue weighted by Crippen LogP contribution is -2.41. The van der Waals surface area contributed by atoms with Crippen molar-refractivity contribution in [1.29, 1.82) is 5.41 Å². The molecule has 1 unspecified atom stereocenters. The maximum absolute atomic E-state index is 12.0. The minimum atomic E-state index is -0.642. The Morgan fingerprint density at radius 1 is 1.47 bits per heavy atom. The number of carbonyl (C=O) groups excluding carboxylic acids is 2. The average Bonchev–Trinajstić information content (AvgIpc) is 2.32. The molecular formula is C11H9Cl2N3O2S. The number of hydrogen-bond donors (Lipinski definition) is 3. The van der Waals surface area contributed by atoms with Gasteiger partial charge in [0.1, 0.15) is 5.25 Å². The van der Waals surface area contributed by atoms with Gasteiger partial charge in [0.05, 0.1) is 10.7 Å². The molecule has 0 aliphatic carbocycles. The molecule has 1 heterocycles. The average molecular weight is 318 g/mol. The van der Waals surface area contributed by atoms with E-state index < -0.39 is 5.25 Å². The van der Waals surface area contributed by atoms with Crippen molar-refractivity contribution in [2.75, 3.05) is 5.32 Å². The van der Waals surface area contributed by atoms with Gasteiger partial charge in [-0.25, -0.2) is 0 Å². The second-order valence-electron chi connectivity index (χ2n) is 3.80. The lowest BCUT2D eigenvalue weighted by atomic mass is 10.2. The van der Waals surface area contributed by atoms with Gasteiger partial charge in [-0.05, 0) is 18.2 Å². The summed E-state index contributed by atoms with van der Waals surface area (Å²) in [7, 11) is 0. The summed E-state index contributed by atoms with van der Waals surface area (Å²) in [5.74, 6) is -0.727. The second-order valence-corrected chi connectivity index (χ2v) is 5.86. The lowest BCUT2D eigenvalue weighted by molar-refractivity contribution is -0.123. The number of benzene rings is 1. The fourth-order valence-corrected chi connectivity index (χ4v) is 2.71. The number of carbonyl (C=O) groups is 2. The topological polar surface area (TPSA) is 82.1 Å². The van der Waals surface area contributed by atoms with Crippen molar-refractivity contribution in [2.45, 2.75) is 11.7 Å². The van der Waals surface area contributed by atoms with Crippen LogP contribution in [0.4, 0.5) is 5.69 Å².